The highest BCUT2D eigenvalue weighted by atomic mass is 32.2. The van der Waals surface area contributed by atoms with Crippen LogP contribution in [0.2, 0.25) is 0 Å². The molecule has 3 rings (SSSR count). The van der Waals surface area contributed by atoms with Crippen LogP contribution in [-0.2, 0) is 10.0 Å². The van der Waals surface area contributed by atoms with Crippen molar-refractivity contribution in [1.82, 2.24) is 0 Å². The SMILES string of the molecule is NS(=O)(=O)c1cc(C(=O)Nc2cc(F)ccc2OCC2CC2)co1. The van der Waals surface area contributed by atoms with Crippen molar-refractivity contribution in [3.05, 3.63) is 41.9 Å². The van der Waals surface area contributed by atoms with Crippen LogP contribution in [0.1, 0.15) is 23.2 Å². The van der Waals surface area contributed by atoms with Crippen molar-refractivity contribution in [3.63, 3.8) is 0 Å². The van der Waals surface area contributed by atoms with Crippen LogP contribution in [0.4, 0.5) is 10.1 Å². The lowest BCUT2D eigenvalue weighted by Gasteiger charge is -2.12. The van der Waals surface area contributed by atoms with Gasteiger partial charge in [0.2, 0.25) is 5.09 Å². The smallest absolute Gasteiger partial charge is 0.271 e. The third-order valence-electron chi connectivity index (χ3n) is 3.48. The number of rotatable bonds is 6. The standard InChI is InChI=1S/C15H15FN2O5S/c16-11-3-4-13(22-7-9-1-2-9)12(6-11)18-15(19)10-5-14(23-8-10)24(17,20)21/h3-6,8-9H,1-2,7H2,(H,18,19)(H2,17,20,21). The van der Waals surface area contributed by atoms with Gasteiger partial charge in [-0.15, -0.1) is 0 Å². The van der Waals surface area contributed by atoms with E-state index in [-0.39, 0.29) is 11.3 Å². The highest BCUT2D eigenvalue weighted by molar-refractivity contribution is 7.89. The fourth-order valence-electron chi connectivity index (χ4n) is 2.00. The van der Waals surface area contributed by atoms with E-state index in [9.17, 15) is 17.6 Å². The minimum absolute atomic E-state index is 0.0589. The van der Waals surface area contributed by atoms with Gasteiger partial charge in [0, 0.05) is 12.1 Å². The Bertz CT molecular complexity index is 874. The second-order valence-electron chi connectivity index (χ2n) is 5.55. The van der Waals surface area contributed by atoms with E-state index in [1.807, 2.05) is 0 Å². The molecule has 0 atom stereocenters. The van der Waals surface area contributed by atoms with Crippen molar-refractivity contribution in [2.45, 2.75) is 17.9 Å². The van der Waals surface area contributed by atoms with Gasteiger partial charge in [-0.2, -0.15) is 0 Å². The van der Waals surface area contributed by atoms with Crippen LogP contribution in [0, 0.1) is 11.7 Å². The summed E-state index contributed by atoms with van der Waals surface area (Å²) in [6.07, 6.45) is 3.14. The summed E-state index contributed by atoms with van der Waals surface area (Å²) < 4.78 is 46.1. The largest absolute Gasteiger partial charge is 0.491 e. The van der Waals surface area contributed by atoms with Crippen molar-refractivity contribution in [1.29, 1.82) is 0 Å². The van der Waals surface area contributed by atoms with Crippen molar-refractivity contribution < 1.29 is 26.8 Å². The van der Waals surface area contributed by atoms with Crippen molar-refractivity contribution in [3.8, 4) is 5.75 Å². The number of amides is 1. The number of furan rings is 1. The first-order valence-electron chi connectivity index (χ1n) is 7.18. The molecule has 3 N–H and O–H groups in total. The van der Waals surface area contributed by atoms with Gasteiger partial charge < -0.3 is 14.5 Å². The van der Waals surface area contributed by atoms with Crippen molar-refractivity contribution in [2.24, 2.45) is 11.1 Å². The van der Waals surface area contributed by atoms with Crippen LogP contribution in [0.5, 0.6) is 5.75 Å². The molecule has 24 heavy (non-hydrogen) atoms. The third-order valence-corrected chi connectivity index (χ3v) is 4.25. The molecule has 1 aliphatic carbocycles. The predicted octanol–water partition coefficient (Wildman–Crippen LogP) is 2.11. The van der Waals surface area contributed by atoms with E-state index in [1.54, 1.807) is 0 Å². The monoisotopic (exact) mass is 354 g/mol. The molecule has 0 unspecified atom stereocenters. The first kappa shape index (κ1) is 16.5. The van der Waals surface area contributed by atoms with Gasteiger partial charge in [0.05, 0.1) is 17.9 Å². The fraction of sp³-hybridized carbons (Fsp3) is 0.267. The molecular formula is C15H15FN2O5S. The Labute approximate surface area is 137 Å². The Kier molecular flexibility index (Phi) is 4.29. The summed E-state index contributed by atoms with van der Waals surface area (Å²) in [6, 6.07) is 4.78. The molecule has 1 amide bonds. The molecular weight excluding hydrogens is 339 g/mol. The number of sulfonamides is 1. The number of nitrogens with two attached hydrogens (primary N) is 1. The number of ether oxygens (including phenoxy) is 1. The third kappa shape index (κ3) is 3.92. The van der Waals surface area contributed by atoms with Crippen LogP contribution in [0.15, 0.2) is 40.0 Å². The van der Waals surface area contributed by atoms with Gasteiger partial charge in [0.25, 0.3) is 15.9 Å². The molecule has 0 aliphatic heterocycles. The van der Waals surface area contributed by atoms with Crippen LogP contribution < -0.4 is 15.2 Å². The molecule has 1 saturated carbocycles. The van der Waals surface area contributed by atoms with Gasteiger partial charge in [-0.3, -0.25) is 4.79 Å². The van der Waals surface area contributed by atoms with Crippen molar-refractivity contribution >= 4 is 21.6 Å². The molecule has 128 valence electrons. The highest BCUT2D eigenvalue weighted by Gasteiger charge is 2.23. The summed E-state index contributed by atoms with van der Waals surface area (Å²) in [6.45, 7) is 0.496. The molecule has 0 spiro atoms. The Morgan fingerprint density at radius 1 is 1.38 bits per heavy atom. The average molecular weight is 354 g/mol. The topological polar surface area (TPSA) is 112 Å². The van der Waals surface area contributed by atoms with E-state index in [1.165, 1.54) is 12.1 Å². The molecule has 1 aliphatic rings. The second kappa shape index (κ2) is 6.25. The number of nitrogens with one attached hydrogen (secondary N) is 1. The Hall–Kier alpha value is -2.39. The van der Waals surface area contributed by atoms with E-state index in [0.717, 1.165) is 31.2 Å². The molecule has 9 heteroatoms. The van der Waals surface area contributed by atoms with Crippen LogP contribution >= 0.6 is 0 Å². The van der Waals surface area contributed by atoms with Gasteiger partial charge in [0.15, 0.2) is 0 Å². The normalized spacial score (nSPS) is 14.4. The summed E-state index contributed by atoms with van der Waals surface area (Å²) in [5, 5.41) is 6.86. The second-order valence-corrected chi connectivity index (χ2v) is 7.04. The first-order valence-corrected chi connectivity index (χ1v) is 8.72. The molecule has 1 heterocycles. The summed E-state index contributed by atoms with van der Waals surface area (Å²) in [7, 11) is -4.05. The maximum absolute atomic E-state index is 13.5. The van der Waals surface area contributed by atoms with Gasteiger partial charge in [-0.1, -0.05) is 0 Å². The number of anilines is 1. The fourth-order valence-corrected chi connectivity index (χ4v) is 2.47. The van der Waals surface area contributed by atoms with Crippen molar-refractivity contribution in [2.75, 3.05) is 11.9 Å². The first-order chi connectivity index (χ1) is 11.3. The molecule has 1 fully saturated rings. The predicted molar refractivity (Wildman–Crippen MR) is 82.7 cm³/mol. The Morgan fingerprint density at radius 2 is 2.12 bits per heavy atom. The minimum atomic E-state index is -4.05. The molecule has 7 nitrogen and oxygen atoms in total. The molecule has 0 radical (unpaired) electrons. The summed E-state index contributed by atoms with van der Waals surface area (Å²) in [5.74, 6) is -0.381. The lowest BCUT2D eigenvalue weighted by atomic mass is 10.2. The number of hydrogen-bond donors (Lipinski definition) is 2. The summed E-state index contributed by atoms with van der Waals surface area (Å²) in [4.78, 5) is 12.2. The van der Waals surface area contributed by atoms with E-state index >= 15 is 0 Å². The maximum Gasteiger partial charge on any atom is 0.271 e. The van der Waals surface area contributed by atoms with Crippen LogP contribution in [0.3, 0.4) is 0 Å². The molecule has 0 saturated heterocycles. The molecule has 1 aromatic heterocycles. The summed E-state index contributed by atoms with van der Waals surface area (Å²) in [5.41, 5.74) is 0.0930. The van der Waals surface area contributed by atoms with Gasteiger partial charge in [0.1, 0.15) is 17.8 Å². The zero-order valence-corrected chi connectivity index (χ0v) is 13.3. The number of carbonyl (C=O) groups excluding carboxylic acids is 1. The van der Waals surface area contributed by atoms with E-state index < -0.39 is 26.8 Å². The zero-order valence-electron chi connectivity index (χ0n) is 12.5. The number of primary sulfonamides is 1. The van der Waals surface area contributed by atoms with E-state index in [2.05, 4.69) is 5.32 Å². The van der Waals surface area contributed by atoms with Crippen LogP contribution in [0.25, 0.3) is 0 Å². The molecule has 1 aromatic carbocycles. The lowest BCUT2D eigenvalue weighted by molar-refractivity contribution is 0.102. The minimum Gasteiger partial charge on any atom is -0.491 e. The number of halogens is 1. The van der Waals surface area contributed by atoms with Gasteiger partial charge >= 0.3 is 0 Å². The van der Waals surface area contributed by atoms with Gasteiger partial charge in [-0.25, -0.2) is 17.9 Å². The molecule has 0 bridgehead atoms. The highest BCUT2D eigenvalue weighted by Crippen LogP contribution is 2.32. The van der Waals surface area contributed by atoms with Crippen LogP contribution in [-0.4, -0.2) is 20.9 Å². The number of carbonyl (C=O) groups is 1. The average Bonchev–Trinajstić information content (AvgIpc) is 3.18. The number of hydrogen-bond acceptors (Lipinski definition) is 5. The van der Waals surface area contributed by atoms with Gasteiger partial charge in [-0.05, 0) is 30.9 Å². The quantitative estimate of drug-likeness (QED) is 0.825. The summed E-state index contributed by atoms with van der Waals surface area (Å²) >= 11 is 0. The lowest BCUT2D eigenvalue weighted by Crippen LogP contribution is -2.14. The van der Waals surface area contributed by atoms with E-state index in [0.29, 0.717) is 18.3 Å². The van der Waals surface area contributed by atoms with E-state index in [4.69, 9.17) is 14.3 Å². The Morgan fingerprint density at radius 3 is 2.75 bits per heavy atom. The maximum atomic E-state index is 13.5. The zero-order chi connectivity index (χ0) is 17.3. The Balaban J connectivity index is 1.77. The molecule has 2 aromatic rings. The number of benzene rings is 1.